The van der Waals surface area contributed by atoms with Crippen molar-refractivity contribution in [2.45, 2.75) is 32.1 Å². The van der Waals surface area contributed by atoms with Crippen LogP contribution in [0.5, 0.6) is 0 Å². The maximum atomic E-state index is 13.6. The largest absolute Gasteiger partial charge is 0.352 e. The lowest BCUT2D eigenvalue weighted by atomic mass is 9.97. The molecule has 1 amide bonds. The van der Waals surface area contributed by atoms with Gasteiger partial charge in [0.25, 0.3) is 5.91 Å². The van der Waals surface area contributed by atoms with Crippen molar-refractivity contribution in [1.82, 2.24) is 5.32 Å². The van der Waals surface area contributed by atoms with Crippen LogP contribution in [0.2, 0.25) is 0 Å². The van der Waals surface area contributed by atoms with Crippen LogP contribution < -0.4 is 5.32 Å². The van der Waals surface area contributed by atoms with Crippen LogP contribution in [0.15, 0.2) is 34.3 Å². The molecule has 1 aliphatic carbocycles. The third-order valence-corrected chi connectivity index (χ3v) is 3.79. The summed E-state index contributed by atoms with van der Waals surface area (Å²) in [4.78, 5) is 11.8. The first-order valence-electron chi connectivity index (χ1n) is 6.58. The van der Waals surface area contributed by atoms with Gasteiger partial charge in [-0.1, -0.05) is 27.6 Å². The van der Waals surface area contributed by atoms with E-state index in [-0.39, 0.29) is 11.5 Å². The van der Waals surface area contributed by atoms with Gasteiger partial charge in [0, 0.05) is 11.0 Å². The Morgan fingerprint density at radius 1 is 1.37 bits per heavy atom. The normalized spacial score (nSPS) is 14.9. The Morgan fingerprint density at radius 2 is 2.21 bits per heavy atom. The van der Waals surface area contributed by atoms with Crippen molar-refractivity contribution in [3.63, 3.8) is 0 Å². The smallest absolute Gasteiger partial charge is 0.254 e. The molecule has 1 N–H and O–H groups in total. The van der Waals surface area contributed by atoms with Gasteiger partial charge in [0.15, 0.2) is 0 Å². The second-order valence-corrected chi connectivity index (χ2v) is 5.65. The molecule has 0 atom stereocenters. The molecule has 0 heterocycles. The molecule has 1 aromatic carbocycles. The second-order valence-electron chi connectivity index (χ2n) is 4.74. The minimum absolute atomic E-state index is 0.0980. The minimum Gasteiger partial charge on any atom is -0.352 e. The number of rotatable bonds is 4. The van der Waals surface area contributed by atoms with Gasteiger partial charge in [-0.05, 0) is 50.3 Å². The fraction of sp³-hybridized carbons (Fsp3) is 0.400. The molecule has 0 saturated heterocycles. The van der Waals surface area contributed by atoms with Gasteiger partial charge in [0.1, 0.15) is 5.82 Å². The highest BCUT2D eigenvalue weighted by atomic mass is 79.9. The van der Waals surface area contributed by atoms with Crippen molar-refractivity contribution in [3.8, 4) is 0 Å². The quantitative estimate of drug-likeness (QED) is 0.825. The van der Waals surface area contributed by atoms with E-state index in [0.717, 1.165) is 19.3 Å². The maximum absolute atomic E-state index is 13.6. The summed E-state index contributed by atoms with van der Waals surface area (Å²) in [6.45, 7) is 0.570. The van der Waals surface area contributed by atoms with E-state index >= 15 is 0 Å². The standard InChI is InChI=1S/C15H17BrFNO/c16-12-6-7-13(14(17)10-12)15(19)18-9-8-11-4-2-1-3-5-11/h4,6-7,10H,1-3,5,8-9H2,(H,18,19). The summed E-state index contributed by atoms with van der Waals surface area (Å²) >= 11 is 3.17. The van der Waals surface area contributed by atoms with Crippen LogP contribution in [-0.2, 0) is 0 Å². The zero-order valence-corrected chi connectivity index (χ0v) is 12.3. The lowest BCUT2D eigenvalue weighted by Crippen LogP contribution is -2.25. The predicted octanol–water partition coefficient (Wildman–Crippen LogP) is 4.21. The van der Waals surface area contributed by atoms with Gasteiger partial charge in [-0.3, -0.25) is 4.79 Å². The molecule has 19 heavy (non-hydrogen) atoms. The van der Waals surface area contributed by atoms with Crippen LogP contribution in [0.4, 0.5) is 4.39 Å². The number of carbonyl (C=O) groups excluding carboxylic acids is 1. The van der Waals surface area contributed by atoms with Crippen LogP contribution in [0.1, 0.15) is 42.5 Å². The Hall–Kier alpha value is -1.16. The molecule has 0 bridgehead atoms. The first kappa shape index (κ1) is 14.3. The minimum atomic E-state index is -0.497. The molecule has 0 radical (unpaired) electrons. The Balaban J connectivity index is 1.85. The van der Waals surface area contributed by atoms with Crippen molar-refractivity contribution in [2.75, 3.05) is 6.54 Å². The molecule has 1 aromatic rings. The van der Waals surface area contributed by atoms with E-state index in [1.54, 1.807) is 6.07 Å². The van der Waals surface area contributed by atoms with E-state index in [4.69, 9.17) is 0 Å². The summed E-state index contributed by atoms with van der Waals surface area (Å²) in [6.07, 6.45) is 7.90. The summed E-state index contributed by atoms with van der Waals surface area (Å²) in [6, 6.07) is 4.47. The van der Waals surface area contributed by atoms with E-state index < -0.39 is 5.82 Å². The van der Waals surface area contributed by atoms with Crippen molar-refractivity contribution >= 4 is 21.8 Å². The predicted molar refractivity (Wildman–Crippen MR) is 77.6 cm³/mol. The molecule has 0 aromatic heterocycles. The molecular formula is C15H17BrFNO. The number of benzene rings is 1. The van der Waals surface area contributed by atoms with E-state index in [2.05, 4.69) is 27.3 Å². The first-order valence-corrected chi connectivity index (χ1v) is 7.37. The van der Waals surface area contributed by atoms with Crippen LogP contribution in [0, 0.1) is 5.82 Å². The van der Waals surface area contributed by atoms with Crippen molar-refractivity contribution < 1.29 is 9.18 Å². The molecular weight excluding hydrogens is 309 g/mol. The lowest BCUT2D eigenvalue weighted by Gasteiger charge is -2.13. The van der Waals surface area contributed by atoms with Gasteiger partial charge in [0.2, 0.25) is 0 Å². The summed E-state index contributed by atoms with van der Waals surface area (Å²) in [7, 11) is 0. The fourth-order valence-electron chi connectivity index (χ4n) is 2.24. The summed E-state index contributed by atoms with van der Waals surface area (Å²) in [5, 5.41) is 2.77. The van der Waals surface area contributed by atoms with E-state index in [0.29, 0.717) is 11.0 Å². The number of nitrogens with one attached hydrogen (secondary N) is 1. The van der Waals surface area contributed by atoms with Crippen molar-refractivity contribution in [1.29, 1.82) is 0 Å². The third-order valence-electron chi connectivity index (χ3n) is 3.29. The number of amides is 1. The molecule has 2 nitrogen and oxygen atoms in total. The Kier molecular flexibility index (Phi) is 5.14. The van der Waals surface area contributed by atoms with Gasteiger partial charge in [-0.2, -0.15) is 0 Å². The first-order chi connectivity index (χ1) is 9.16. The highest BCUT2D eigenvalue weighted by Crippen LogP contribution is 2.19. The molecule has 4 heteroatoms. The topological polar surface area (TPSA) is 29.1 Å². The molecule has 0 spiro atoms. The summed E-state index contributed by atoms with van der Waals surface area (Å²) in [5.41, 5.74) is 1.50. The van der Waals surface area contributed by atoms with Crippen LogP contribution in [0.25, 0.3) is 0 Å². The molecule has 0 unspecified atom stereocenters. The number of halogens is 2. The molecule has 0 saturated carbocycles. The van der Waals surface area contributed by atoms with Gasteiger partial charge in [-0.25, -0.2) is 4.39 Å². The fourth-order valence-corrected chi connectivity index (χ4v) is 2.57. The van der Waals surface area contributed by atoms with Crippen molar-refractivity contribution in [2.24, 2.45) is 0 Å². The van der Waals surface area contributed by atoms with Crippen LogP contribution >= 0.6 is 15.9 Å². The average Bonchev–Trinajstić information content (AvgIpc) is 2.39. The number of hydrogen-bond acceptors (Lipinski definition) is 1. The van der Waals surface area contributed by atoms with Crippen molar-refractivity contribution in [3.05, 3.63) is 45.7 Å². The van der Waals surface area contributed by atoms with Gasteiger partial charge in [-0.15, -0.1) is 0 Å². The second kappa shape index (κ2) is 6.85. The monoisotopic (exact) mass is 325 g/mol. The Morgan fingerprint density at radius 3 is 2.89 bits per heavy atom. The van der Waals surface area contributed by atoms with Gasteiger partial charge < -0.3 is 5.32 Å². The van der Waals surface area contributed by atoms with Gasteiger partial charge >= 0.3 is 0 Å². The molecule has 1 aliphatic rings. The number of allylic oxidation sites excluding steroid dienone is 1. The number of carbonyl (C=O) groups is 1. The van der Waals surface area contributed by atoms with E-state index in [1.807, 2.05) is 0 Å². The molecule has 0 fully saturated rings. The molecule has 0 aliphatic heterocycles. The highest BCUT2D eigenvalue weighted by molar-refractivity contribution is 9.10. The lowest BCUT2D eigenvalue weighted by molar-refractivity contribution is 0.0950. The highest BCUT2D eigenvalue weighted by Gasteiger charge is 2.11. The van der Waals surface area contributed by atoms with E-state index in [1.165, 1.54) is 30.5 Å². The number of hydrogen-bond donors (Lipinski definition) is 1. The van der Waals surface area contributed by atoms with Crippen LogP contribution in [-0.4, -0.2) is 12.5 Å². The van der Waals surface area contributed by atoms with Crippen LogP contribution in [0.3, 0.4) is 0 Å². The summed E-state index contributed by atoms with van der Waals surface area (Å²) in [5.74, 6) is -0.842. The average molecular weight is 326 g/mol. The SMILES string of the molecule is O=C(NCCC1=CCCCC1)c1ccc(Br)cc1F. The molecule has 2 rings (SSSR count). The zero-order valence-electron chi connectivity index (χ0n) is 10.7. The maximum Gasteiger partial charge on any atom is 0.254 e. The van der Waals surface area contributed by atoms with Gasteiger partial charge in [0.05, 0.1) is 5.56 Å². The summed E-state index contributed by atoms with van der Waals surface area (Å²) < 4.78 is 14.2. The van der Waals surface area contributed by atoms with E-state index in [9.17, 15) is 9.18 Å². The zero-order chi connectivity index (χ0) is 13.7. The Labute approximate surface area is 121 Å². The third kappa shape index (κ3) is 4.16. The Bertz CT molecular complexity index is 499. The molecule has 102 valence electrons.